The molecule has 104 valence electrons. The minimum absolute atomic E-state index is 0.104. The lowest BCUT2D eigenvalue weighted by molar-refractivity contribution is -0.142. The first-order valence-corrected chi connectivity index (χ1v) is 6.74. The van der Waals surface area contributed by atoms with Crippen molar-refractivity contribution in [3.8, 4) is 0 Å². The largest absolute Gasteiger partial charge is 0.481 e. The summed E-state index contributed by atoms with van der Waals surface area (Å²) in [6, 6.07) is 7.70. The molecule has 0 spiro atoms. The van der Waals surface area contributed by atoms with E-state index in [0.717, 1.165) is 11.0 Å². The molecule has 1 aliphatic rings. The molecular weight excluding hydrogens is 256 g/mol. The van der Waals surface area contributed by atoms with Gasteiger partial charge in [0.15, 0.2) is 0 Å². The first-order valence-electron chi connectivity index (χ1n) is 6.74. The number of nitrogens with zero attached hydrogens (tertiary/aromatic N) is 4. The van der Waals surface area contributed by atoms with Crippen molar-refractivity contribution in [3.05, 3.63) is 24.3 Å². The van der Waals surface area contributed by atoms with Crippen LogP contribution < -0.4 is 4.90 Å². The van der Waals surface area contributed by atoms with Crippen LogP contribution in [0.25, 0.3) is 11.0 Å². The number of anilines is 1. The smallest absolute Gasteiger partial charge is 0.306 e. The van der Waals surface area contributed by atoms with E-state index in [2.05, 4.69) is 15.2 Å². The van der Waals surface area contributed by atoms with Gasteiger partial charge in [-0.05, 0) is 31.9 Å². The predicted molar refractivity (Wildman–Crippen MR) is 74.5 cm³/mol. The summed E-state index contributed by atoms with van der Waals surface area (Å²) in [5.41, 5.74) is 1.58. The van der Waals surface area contributed by atoms with E-state index in [0.29, 0.717) is 25.3 Å². The fourth-order valence-electron chi connectivity index (χ4n) is 2.69. The summed E-state index contributed by atoms with van der Waals surface area (Å²) < 4.78 is 0. The number of carboxylic acid groups (broad SMARTS) is 1. The molecule has 6 heteroatoms. The maximum atomic E-state index is 11.1. The third-order valence-corrected chi connectivity index (χ3v) is 3.83. The highest BCUT2D eigenvalue weighted by atomic mass is 16.4. The normalized spacial score (nSPS) is 22.9. The van der Waals surface area contributed by atoms with Gasteiger partial charge in [-0.25, -0.2) is 4.98 Å². The van der Waals surface area contributed by atoms with Gasteiger partial charge in [0.1, 0.15) is 5.52 Å². The van der Waals surface area contributed by atoms with E-state index >= 15 is 0 Å². The predicted octanol–water partition coefficient (Wildman–Crippen LogP) is 1.71. The van der Waals surface area contributed by atoms with Crippen molar-refractivity contribution >= 4 is 23.0 Å². The van der Waals surface area contributed by atoms with Gasteiger partial charge in [0.2, 0.25) is 5.95 Å². The monoisotopic (exact) mass is 272 g/mol. The number of fused-ring (bicyclic) bond motifs is 1. The fraction of sp³-hybridized carbons (Fsp3) is 0.429. The highest BCUT2D eigenvalue weighted by Gasteiger charge is 2.31. The van der Waals surface area contributed by atoms with E-state index in [9.17, 15) is 4.79 Å². The number of benzene rings is 1. The van der Waals surface area contributed by atoms with Crippen LogP contribution in [0, 0.1) is 5.92 Å². The van der Waals surface area contributed by atoms with Crippen LogP contribution in [0.3, 0.4) is 0 Å². The molecule has 1 aromatic carbocycles. The van der Waals surface area contributed by atoms with Crippen molar-refractivity contribution < 1.29 is 9.90 Å². The second kappa shape index (κ2) is 5.03. The van der Waals surface area contributed by atoms with Gasteiger partial charge < -0.3 is 10.0 Å². The highest BCUT2D eigenvalue weighted by molar-refractivity contribution is 5.74. The molecule has 1 saturated heterocycles. The number of aromatic nitrogens is 3. The molecule has 0 saturated carbocycles. The molecule has 6 nitrogen and oxygen atoms in total. The van der Waals surface area contributed by atoms with Crippen LogP contribution in [-0.2, 0) is 4.79 Å². The Morgan fingerprint density at radius 3 is 2.75 bits per heavy atom. The first kappa shape index (κ1) is 12.8. The quantitative estimate of drug-likeness (QED) is 0.896. The number of aliphatic carboxylic acids is 1. The van der Waals surface area contributed by atoms with E-state index in [-0.39, 0.29) is 12.0 Å². The molecule has 1 N–H and O–H groups in total. The van der Waals surface area contributed by atoms with Crippen molar-refractivity contribution in [1.29, 1.82) is 0 Å². The molecule has 2 unspecified atom stereocenters. The van der Waals surface area contributed by atoms with Gasteiger partial charge in [-0.2, -0.15) is 0 Å². The average Bonchev–Trinajstić information content (AvgIpc) is 2.46. The van der Waals surface area contributed by atoms with Crippen molar-refractivity contribution in [1.82, 2.24) is 15.2 Å². The van der Waals surface area contributed by atoms with Crippen molar-refractivity contribution in [2.75, 3.05) is 11.4 Å². The fourth-order valence-corrected chi connectivity index (χ4v) is 2.69. The first-order chi connectivity index (χ1) is 9.65. The Hall–Kier alpha value is -2.24. The molecular formula is C14H16N4O2. The Bertz CT molecular complexity index is 646. The minimum Gasteiger partial charge on any atom is -0.481 e. The van der Waals surface area contributed by atoms with Gasteiger partial charge in [-0.3, -0.25) is 4.79 Å². The topological polar surface area (TPSA) is 79.2 Å². The van der Waals surface area contributed by atoms with Gasteiger partial charge in [-0.15, -0.1) is 10.2 Å². The zero-order valence-corrected chi connectivity index (χ0v) is 11.2. The van der Waals surface area contributed by atoms with Gasteiger partial charge in [0.25, 0.3) is 0 Å². The molecule has 0 aliphatic carbocycles. The summed E-state index contributed by atoms with van der Waals surface area (Å²) in [7, 11) is 0. The second-order valence-electron chi connectivity index (χ2n) is 5.20. The van der Waals surface area contributed by atoms with E-state index in [1.807, 2.05) is 36.1 Å². The molecule has 0 radical (unpaired) electrons. The lowest BCUT2D eigenvalue weighted by atomic mass is 9.92. The zero-order chi connectivity index (χ0) is 14.1. The molecule has 0 bridgehead atoms. The molecule has 1 aromatic heterocycles. The Kier molecular flexibility index (Phi) is 3.22. The summed E-state index contributed by atoms with van der Waals surface area (Å²) in [5.74, 6) is -0.399. The van der Waals surface area contributed by atoms with Crippen molar-refractivity contribution in [2.45, 2.75) is 25.8 Å². The lowest BCUT2D eigenvalue weighted by Gasteiger charge is -2.35. The SMILES string of the molecule is CC1CC(C(=O)O)CCN1c1nnc2ccccc2n1. The number of carbonyl (C=O) groups is 1. The molecule has 3 rings (SSSR count). The molecule has 20 heavy (non-hydrogen) atoms. The summed E-state index contributed by atoms with van der Waals surface area (Å²) in [5, 5.41) is 17.4. The number of piperidine rings is 1. The molecule has 1 fully saturated rings. The third-order valence-electron chi connectivity index (χ3n) is 3.83. The summed E-state index contributed by atoms with van der Waals surface area (Å²) >= 11 is 0. The van der Waals surface area contributed by atoms with Crippen LogP contribution in [-0.4, -0.2) is 38.8 Å². The van der Waals surface area contributed by atoms with E-state index in [1.165, 1.54) is 0 Å². The Morgan fingerprint density at radius 2 is 2.05 bits per heavy atom. The van der Waals surface area contributed by atoms with Crippen LogP contribution in [0.5, 0.6) is 0 Å². The standard InChI is InChI=1S/C14H16N4O2/c1-9-8-10(13(19)20)6-7-18(9)14-15-11-4-2-3-5-12(11)16-17-14/h2-5,9-10H,6-8H2,1H3,(H,19,20). The number of carboxylic acids is 1. The van der Waals surface area contributed by atoms with E-state index in [4.69, 9.17) is 5.11 Å². The summed E-state index contributed by atoms with van der Waals surface area (Å²) in [4.78, 5) is 17.6. The number of hydrogen-bond acceptors (Lipinski definition) is 5. The van der Waals surface area contributed by atoms with Gasteiger partial charge >= 0.3 is 5.97 Å². The highest BCUT2D eigenvalue weighted by Crippen LogP contribution is 2.26. The molecule has 1 aliphatic heterocycles. The second-order valence-corrected chi connectivity index (χ2v) is 5.20. The van der Waals surface area contributed by atoms with Gasteiger partial charge in [-0.1, -0.05) is 12.1 Å². The van der Waals surface area contributed by atoms with Crippen LogP contribution >= 0.6 is 0 Å². The Morgan fingerprint density at radius 1 is 1.30 bits per heavy atom. The molecule has 2 atom stereocenters. The summed E-state index contributed by atoms with van der Waals surface area (Å²) in [6.07, 6.45) is 1.24. The van der Waals surface area contributed by atoms with Gasteiger partial charge in [0, 0.05) is 12.6 Å². The number of hydrogen-bond donors (Lipinski definition) is 1. The van der Waals surface area contributed by atoms with E-state index < -0.39 is 5.97 Å². The van der Waals surface area contributed by atoms with Crippen LogP contribution in [0.15, 0.2) is 24.3 Å². The minimum atomic E-state index is -0.714. The number of rotatable bonds is 2. The van der Waals surface area contributed by atoms with Crippen LogP contribution in [0.1, 0.15) is 19.8 Å². The van der Waals surface area contributed by atoms with E-state index in [1.54, 1.807) is 0 Å². The maximum Gasteiger partial charge on any atom is 0.306 e. The van der Waals surface area contributed by atoms with Crippen LogP contribution in [0.4, 0.5) is 5.95 Å². The van der Waals surface area contributed by atoms with Crippen LogP contribution in [0.2, 0.25) is 0 Å². The third kappa shape index (κ3) is 2.29. The molecule has 2 heterocycles. The lowest BCUT2D eigenvalue weighted by Crippen LogP contribution is -2.43. The molecule has 0 amide bonds. The van der Waals surface area contributed by atoms with Crippen molar-refractivity contribution in [3.63, 3.8) is 0 Å². The zero-order valence-electron chi connectivity index (χ0n) is 11.2. The Balaban J connectivity index is 1.86. The Labute approximate surface area is 116 Å². The average molecular weight is 272 g/mol. The van der Waals surface area contributed by atoms with Gasteiger partial charge in [0.05, 0.1) is 11.4 Å². The summed E-state index contributed by atoms with van der Waals surface area (Å²) in [6.45, 7) is 2.66. The molecule has 2 aromatic rings. The van der Waals surface area contributed by atoms with Crippen molar-refractivity contribution in [2.24, 2.45) is 5.92 Å². The number of para-hydroxylation sites is 1. The maximum absolute atomic E-state index is 11.1.